The van der Waals surface area contributed by atoms with Gasteiger partial charge in [-0.2, -0.15) is 0 Å². The Hall–Kier alpha value is -2.45. The van der Waals surface area contributed by atoms with Gasteiger partial charge >= 0.3 is 0 Å². The highest BCUT2D eigenvalue weighted by Crippen LogP contribution is 2.29. The standard InChI is InChI=1S/C21H23N5O2S/c27-19(21-22-5-11-29-21)15-2-1-6-26(13-15)20-17-4-3-16(12-18(17)23-14-24-20)25-7-9-28-10-8-25/h2-4,12,14H,1,5-11,13H2. The number of anilines is 2. The highest BCUT2D eigenvalue weighted by atomic mass is 32.2. The summed E-state index contributed by atoms with van der Waals surface area (Å²) in [6.07, 6.45) is 4.51. The van der Waals surface area contributed by atoms with E-state index in [1.807, 2.05) is 0 Å². The molecule has 3 aliphatic heterocycles. The molecule has 150 valence electrons. The monoisotopic (exact) mass is 409 g/mol. The molecule has 0 bridgehead atoms. The van der Waals surface area contributed by atoms with Crippen molar-refractivity contribution in [3.05, 3.63) is 36.2 Å². The molecule has 0 saturated carbocycles. The summed E-state index contributed by atoms with van der Waals surface area (Å²) in [6, 6.07) is 6.37. The first kappa shape index (κ1) is 18.6. The number of carbonyl (C=O) groups excluding carboxylic acids is 1. The molecule has 2 aromatic rings. The van der Waals surface area contributed by atoms with Gasteiger partial charge in [0.1, 0.15) is 17.2 Å². The van der Waals surface area contributed by atoms with Crippen molar-refractivity contribution < 1.29 is 9.53 Å². The van der Waals surface area contributed by atoms with Gasteiger partial charge in [-0.15, -0.1) is 11.8 Å². The van der Waals surface area contributed by atoms with Crippen LogP contribution in [0.25, 0.3) is 10.9 Å². The van der Waals surface area contributed by atoms with Crippen LogP contribution in [0, 0.1) is 0 Å². The Labute approximate surface area is 173 Å². The Morgan fingerprint density at radius 3 is 2.83 bits per heavy atom. The number of hydrogen-bond donors (Lipinski definition) is 0. The molecule has 0 aliphatic carbocycles. The lowest BCUT2D eigenvalue weighted by molar-refractivity contribution is -0.109. The van der Waals surface area contributed by atoms with Crippen molar-refractivity contribution >= 4 is 45.0 Å². The number of benzene rings is 1. The van der Waals surface area contributed by atoms with Crippen molar-refractivity contribution in [1.29, 1.82) is 0 Å². The lowest BCUT2D eigenvalue weighted by Gasteiger charge is -2.30. The van der Waals surface area contributed by atoms with Crippen LogP contribution in [0.2, 0.25) is 0 Å². The molecule has 0 radical (unpaired) electrons. The summed E-state index contributed by atoms with van der Waals surface area (Å²) < 4.78 is 5.46. The molecular weight excluding hydrogens is 386 g/mol. The molecular formula is C21H23N5O2S. The average molecular weight is 410 g/mol. The fraction of sp³-hybridized carbons (Fsp3) is 0.429. The first-order valence-electron chi connectivity index (χ1n) is 10.0. The number of carbonyl (C=O) groups is 1. The summed E-state index contributed by atoms with van der Waals surface area (Å²) in [7, 11) is 0. The normalized spacial score (nSPS) is 20.0. The summed E-state index contributed by atoms with van der Waals surface area (Å²) in [6.45, 7) is 5.46. The van der Waals surface area contributed by atoms with E-state index in [0.717, 1.165) is 79.5 Å². The number of ketones is 1. The lowest BCUT2D eigenvalue weighted by Crippen LogP contribution is -2.36. The molecule has 1 fully saturated rings. The number of fused-ring (bicyclic) bond motifs is 1. The third-order valence-corrected chi connectivity index (χ3v) is 6.47. The van der Waals surface area contributed by atoms with Gasteiger partial charge in [-0.25, -0.2) is 9.97 Å². The summed E-state index contributed by atoms with van der Waals surface area (Å²) in [4.78, 5) is 30.7. The van der Waals surface area contributed by atoms with Crippen LogP contribution in [0.5, 0.6) is 0 Å². The third-order valence-electron chi connectivity index (χ3n) is 5.50. The van der Waals surface area contributed by atoms with Crippen molar-refractivity contribution in [1.82, 2.24) is 9.97 Å². The fourth-order valence-electron chi connectivity index (χ4n) is 4.00. The van der Waals surface area contributed by atoms with Gasteiger partial charge < -0.3 is 14.5 Å². The highest BCUT2D eigenvalue weighted by Gasteiger charge is 2.25. The van der Waals surface area contributed by atoms with E-state index in [2.05, 4.69) is 49.0 Å². The molecule has 1 saturated heterocycles. The van der Waals surface area contributed by atoms with Crippen LogP contribution in [0.1, 0.15) is 6.42 Å². The quantitative estimate of drug-likeness (QED) is 0.767. The zero-order chi connectivity index (χ0) is 19.6. The minimum Gasteiger partial charge on any atom is -0.378 e. The SMILES string of the molecule is O=C(C1=CCCN(c2ncnc3cc(N4CCOCC4)ccc23)C1)C1=NCCS1. The number of nitrogens with zero attached hydrogens (tertiary/aromatic N) is 5. The van der Waals surface area contributed by atoms with E-state index in [1.165, 1.54) is 0 Å². The van der Waals surface area contributed by atoms with E-state index in [1.54, 1.807) is 18.1 Å². The average Bonchev–Trinajstić information content (AvgIpc) is 3.33. The molecule has 8 heteroatoms. The predicted molar refractivity (Wildman–Crippen MR) is 117 cm³/mol. The largest absolute Gasteiger partial charge is 0.378 e. The van der Waals surface area contributed by atoms with Gasteiger partial charge in [0.25, 0.3) is 0 Å². The molecule has 0 unspecified atom stereocenters. The summed E-state index contributed by atoms with van der Waals surface area (Å²) in [5, 5.41) is 1.67. The van der Waals surface area contributed by atoms with Crippen LogP contribution in [0.4, 0.5) is 11.5 Å². The lowest BCUT2D eigenvalue weighted by atomic mass is 10.1. The van der Waals surface area contributed by atoms with Crippen LogP contribution < -0.4 is 9.80 Å². The Bertz CT molecular complexity index is 1000. The molecule has 0 amide bonds. The van der Waals surface area contributed by atoms with E-state index in [9.17, 15) is 4.79 Å². The molecule has 4 heterocycles. The van der Waals surface area contributed by atoms with Crippen molar-refractivity contribution in [2.45, 2.75) is 6.42 Å². The van der Waals surface area contributed by atoms with E-state index >= 15 is 0 Å². The molecule has 0 spiro atoms. The first-order chi connectivity index (χ1) is 14.3. The number of aromatic nitrogens is 2. The number of ether oxygens (including phenoxy) is 1. The van der Waals surface area contributed by atoms with E-state index < -0.39 is 0 Å². The molecule has 3 aliphatic rings. The van der Waals surface area contributed by atoms with Crippen LogP contribution in [-0.4, -0.2) is 72.5 Å². The second kappa shape index (κ2) is 8.12. The molecule has 29 heavy (non-hydrogen) atoms. The van der Waals surface area contributed by atoms with E-state index in [-0.39, 0.29) is 5.78 Å². The number of morpholine rings is 1. The van der Waals surface area contributed by atoms with Gasteiger partial charge in [-0.3, -0.25) is 9.79 Å². The Morgan fingerprint density at radius 1 is 1.10 bits per heavy atom. The number of hydrogen-bond acceptors (Lipinski definition) is 8. The van der Waals surface area contributed by atoms with Crippen molar-refractivity contribution in [2.24, 2.45) is 4.99 Å². The minimum absolute atomic E-state index is 0.0742. The Morgan fingerprint density at radius 2 is 2.00 bits per heavy atom. The topological polar surface area (TPSA) is 70.9 Å². The number of Topliss-reactive ketones (excluding diaryl/α,β-unsaturated/α-hetero) is 1. The van der Waals surface area contributed by atoms with Crippen LogP contribution in [-0.2, 0) is 9.53 Å². The molecule has 1 aromatic carbocycles. The van der Waals surface area contributed by atoms with Crippen molar-refractivity contribution in [2.75, 3.05) is 61.5 Å². The minimum atomic E-state index is 0.0742. The van der Waals surface area contributed by atoms with E-state index in [4.69, 9.17) is 4.74 Å². The summed E-state index contributed by atoms with van der Waals surface area (Å²) >= 11 is 1.56. The van der Waals surface area contributed by atoms with Crippen molar-refractivity contribution in [3.63, 3.8) is 0 Å². The second-order valence-corrected chi connectivity index (χ2v) is 8.39. The van der Waals surface area contributed by atoms with Crippen molar-refractivity contribution in [3.8, 4) is 0 Å². The van der Waals surface area contributed by atoms with Crippen LogP contribution in [0.3, 0.4) is 0 Å². The van der Waals surface area contributed by atoms with Gasteiger partial charge in [0.05, 0.1) is 18.7 Å². The Balaban J connectivity index is 1.41. The maximum Gasteiger partial charge on any atom is 0.214 e. The Kier molecular flexibility index (Phi) is 5.20. The van der Waals surface area contributed by atoms with Gasteiger partial charge in [0.2, 0.25) is 5.78 Å². The molecule has 5 rings (SSSR count). The number of thioether (sulfide) groups is 1. The molecule has 0 N–H and O–H groups in total. The maximum absolute atomic E-state index is 12.8. The fourth-order valence-corrected chi connectivity index (χ4v) is 4.82. The van der Waals surface area contributed by atoms with Crippen LogP contribution >= 0.6 is 11.8 Å². The van der Waals surface area contributed by atoms with Gasteiger partial charge in [0.15, 0.2) is 0 Å². The molecule has 1 aromatic heterocycles. The molecule has 0 atom stereocenters. The second-order valence-electron chi connectivity index (χ2n) is 7.30. The smallest absolute Gasteiger partial charge is 0.214 e. The number of aliphatic imine (C=N–C) groups is 1. The zero-order valence-electron chi connectivity index (χ0n) is 16.2. The zero-order valence-corrected chi connectivity index (χ0v) is 17.0. The highest BCUT2D eigenvalue weighted by molar-refractivity contribution is 8.16. The van der Waals surface area contributed by atoms with Gasteiger partial charge in [-0.05, 0) is 24.6 Å². The predicted octanol–water partition coefficient (Wildman–Crippen LogP) is 2.32. The van der Waals surface area contributed by atoms with E-state index in [0.29, 0.717) is 11.6 Å². The maximum atomic E-state index is 12.8. The third kappa shape index (κ3) is 3.74. The molecule has 7 nitrogen and oxygen atoms in total. The summed E-state index contributed by atoms with van der Waals surface area (Å²) in [5.74, 6) is 1.87. The van der Waals surface area contributed by atoms with Gasteiger partial charge in [-0.1, -0.05) is 6.08 Å². The first-order valence-corrected chi connectivity index (χ1v) is 11.0. The van der Waals surface area contributed by atoms with Gasteiger partial charge in [0, 0.05) is 55.1 Å². The van der Waals surface area contributed by atoms with Crippen LogP contribution in [0.15, 0.2) is 41.2 Å². The summed E-state index contributed by atoms with van der Waals surface area (Å²) in [5.41, 5.74) is 2.91. The number of rotatable bonds is 4.